The van der Waals surface area contributed by atoms with E-state index in [1.165, 1.54) is 16.9 Å². The number of aliphatic imine (C=N–C) groups is 1. The summed E-state index contributed by atoms with van der Waals surface area (Å²) in [5.74, 6) is 1.31. The first kappa shape index (κ1) is 19.6. The van der Waals surface area contributed by atoms with E-state index in [4.69, 9.17) is 21.3 Å². The number of halogens is 1. The number of aromatic nitrogens is 3. The highest BCUT2D eigenvalue weighted by molar-refractivity contribution is 7.15. The molecule has 0 aliphatic carbocycles. The van der Waals surface area contributed by atoms with Crippen molar-refractivity contribution in [2.24, 2.45) is 4.99 Å². The first-order valence-electron chi connectivity index (χ1n) is 9.00. The maximum absolute atomic E-state index is 12.3. The number of carbonyl (C=O) groups excluding carboxylic acids is 1. The number of nitrogens with zero attached hydrogens (tertiary/aromatic N) is 5. The van der Waals surface area contributed by atoms with Crippen molar-refractivity contribution >= 4 is 34.7 Å². The summed E-state index contributed by atoms with van der Waals surface area (Å²) in [5, 5.41) is 10.3. The molecule has 0 bridgehead atoms. The van der Waals surface area contributed by atoms with Gasteiger partial charge >= 0.3 is 6.09 Å². The molecule has 1 aromatic carbocycles. The van der Waals surface area contributed by atoms with E-state index < -0.39 is 12.3 Å². The summed E-state index contributed by atoms with van der Waals surface area (Å²) in [4.78, 5) is 19.9. The third-order valence-electron chi connectivity index (χ3n) is 5.09. The van der Waals surface area contributed by atoms with E-state index in [0.717, 1.165) is 33.2 Å². The normalized spacial score (nSPS) is 15.2. The van der Waals surface area contributed by atoms with Crippen LogP contribution in [0.3, 0.4) is 0 Å². The molecule has 0 spiro atoms. The molecule has 1 unspecified atom stereocenters. The Hall–Kier alpha value is -2.71. The topological polar surface area (TPSA) is 72.6 Å². The zero-order valence-electron chi connectivity index (χ0n) is 16.7. The summed E-state index contributed by atoms with van der Waals surface area (Å²) in [7, 11) is 2.99. The van der Waals surface area contributed by atoms with E-state index in [9.17, 15) is 4.79 Å². The van der Waals surface area contributed by atoms with Gasteiger partial charge in [0, 0.05) is 28.1 Å². The van der Waals surface area contributed by atoms with E-state index in [1.807, 2.05) is 35.8 Å². The molecule has 7 nitrogen and oxygen atoms in total. The molecule has 0 saturated carbocycles. The minimum Gasteiger partial charge on any atom is -0.453 e. The predicted octanol–water partition coefficient (Wildman–Crippen LogP) is 4.46. The number of aryl methyl sites for hydroxylation is 2. The largest absolute Gasteiger partial charge is 0.453 e. The lowest BCUT2D eigenvalue weighted by Gasteiger charge is -2.23. The summed E-state index contributed by atoms with van der Waals surface area (Å²) in [5.41, 5.74) is 3.85. The minimum atomic E-state index is -0.686. The first-order valence-corrected chi connectivity index (χ1v) is 10.2. The molecular formula is C20H20ClN5O2S. The third-order valence-corrected chi connectivity index (χ3v) is 6.53. The Morgan fingerprint density at radius 2 is 1.90 bits per heavy atom. The van der Waals surface area contributed by atoms with Crippen molar-refractivity contribution in [3.8, 4) is 5.00 Å². The van der Waals surface area contributed by atoms with Crippen LogP contribution in [0, 0.1) is 20.8 Å². The molecule has 29 heavy (non-hydrogen) atoms. The van der Waals surface area contributed by atoms with Gasteiger partial charge in [-0.05, 0) is 38.5 Å². The lowest BCUT2D eigenvalue weighted by atomic mass is 10.00. The van der Waals surface area contributed by atoms with Crippen LogP contribution in [0.1, 0.15) is 39.4 Å². The average Bonchev–Trinajstić information content (AvgIpc) is 3.17. The maximum atomic E-state index is 12.3. The van der Waals surface area contributed by atoms with E-state index >= 15 is 0 Å². The Balaban J connectivity index is 2.04. The quantitative estimate of drug-likeness (QED) is 0.603. The minimum absolute atomic E-state index is 0.500. The van der Waals surface area contributed by atoms with E-state index in [-0.39, 0.29) is 0 Å². The van der Waals surface area contributed by atoms with Crippen LogP contribution < -0.4 is 0 Å². The van der Waals surface area contributed by atoms with Crippen molar-refractivity contribution < 1.29 is 9.53 Å². The second-order valence-corrected chi connectivity index (χ2v) is 8.48. The van der Waals surface area contributed by atoms with Gasteiger partial charge in [0.05, 0.1) is 12.8 Å². The van der Waals surface area contributed by atoms with E-state index in [1.54, 1.807) is 18.4 Å². The Bertz CT molecular complexity index is 1130. The monoisotopic (exact) mass is 429 g/mol. The van der Waals surface area contributed by atoms with Crippen molar-refractivity contribution in [2.45, 2.75) is 26.9 Å². The number of rotatable bonds is 2. The number of amides is 1. The Morgan fingerprint density at radius 3 is 2.55 bits per heavy atom. The summed E-state index contributed by atoms with van der Waals surface area (Å²) < 4.78 is 6.91. The maximum Gasteiger partial charge on any atom is 0.411 e. The Morgan fingerprint density at radius 1 is 1.21 bits per heavy atom. The van der Waals surface area contributed by atoms with Crippen molar-refractivity contribution in [1.29, 1.82) is 0 Å². The number of carbonyl (C=O) groups is 1. The summed E-state index contributed by atoms with van der Waals surface area (Å²) in [6.07, 6.45) is -1.19. The zero-order chi connectivity index (χ0) is 20.9. The molecule has 4 rings (SSSR count). The van der Waals surface area contributed by atoms with Crippen molar-refractivity contribution in [3.05, 3.63) is 62.5 Å². The fourth-order valence-corrected chi connectivity index (χ4v) is 4.76. The SMILES string of the molecule is COC(=O)N(C)C1N=C(c2ccc(Cl)cc2)c2c(sc(C)c2C)-n2c(C)nnc21. The Labute approximate surface area is 177 Å². The number of hydrogen-bond acceptors (Lipinski definition) is 6. The molecule has 3 heterocycles. The number of methoxy groups -OCH3 is 1. The van der Waals surface area contributed by atoms with Gasteiger partial charge in [-0.3, -0.25) is 14.5 Å². The zero-order valence-corrected chi connectivity index (χ0v) is 18.3. The fourth-order valence-electron chi connectivity index (χ4n) is 3.42. The average molecular weight is 430 g/mol. The number of hydrogen-bond donors (Lipinski definition) is 0. The summed E-state index contributed by atoms with van der Waals surface area (Å²) >= 11 is 7.77. The van der Waals surface area contributed by atoms with Gasteiger partial charge in [-0.25, -0.2) is 4.79 Å². The van der Waals surface area contributed by atoms with Gasteiger partial charge in [0.1, 0.15) is 10.8 Å². The smallest absolute Gasteiger partial charge is 0.411 e. The molecule has 150 valence electrons. The number of fused-ring (bicyclic) bond motifs is 3. The molecule has 9 heteroatoms. The van der Waals surface area contributed by atoms with Gasteiger partial charge < -0.3 is 4.74 Å². The standard InChI is InChI=1S/C20H20ClN5O2S/c1-10-11(2)29-19-15(10)16(13-6-8-14(21)9-7-13)22-17(25(4)20(27)28-5)18-24-23-12(3)26(18)19/h6-9,17H,1-5H3. The molecule has 1 aliphatic heterocycles. The summed E-state index contributed by atoms with van der Waals surface area (Å²) in [6.45, 7) is 6.07. The summed E-state index contributed by atoms with van der Waals surface area (Å²) in [6, 6.07) is 7.54. The third kappa shape index (κ3) is 3.12. The lowest BCUT2D eigenvalue weighted by molar-refractivity contribution is 0.117. The van der Waals surface area contributed by atoms with Gasteiger partial charge in [0.15, 0.2) is 12.0 Å². The van der Waals surface area contributed by atoms with Crippen LogP contribution in [-0.4, -0.2) is 45.6 Å². The molecule has 1 aliphatic rings. The van der Waals surface area contributed by atoms with Gasteiger partial charge in [-0.2, -0.15) is 0 Å². The molecule has 2 aromatic heterocycles. The number of thiophene rings is 1. The molecule has 0 fully saturated rings. The molecular weight excluding hydrogens is 410 g/mol. The van der Waals surface area contributed by atoms with Gasteiger partial charge in [-0.1, -0.05) is 23.7 Å². The second-order valence-electron chi connectivity index (χ2n) is 6.84. The van der Waals surface area contributed by atoms with Crippen molar-refractivity contribution in [2.75, 3.05) is 14.2 Å². The van der Waals surface area contributed by atoms with Crippen molar-refractivity contribution in [3.63, 3.8) is 0 Å². The first-order chi connectivity index (χ1) is 13.8. The van der Waals surface area contributed by atoms with Crippen LogP contribution >= 0.6 is 22.9 Å². The molecule has 1 atom stereocenters. The van der Waals surface area contributed by atoms with Crippen LogP contribution in [0.2, 0.25) is 5.02 Å². The molecule has 1 amide bonds. The van der Waals surface area contributed by atoms with E-state index in [2.05, 4.69) is 24.0 Å². The van der Waals surface area contributed by atoms with Gasteiger partial charge in [-0.15, -0.1) is 21.5 Å². The highest BCUT2D eigenvalue weighted by Crippen LogP contribution is 2.39. The molecule has 0 N–H and O–H groups in total. The van der Waals surface area contributed by atoms with E-state index in [0.29, 0.717) is 10.8 Å². The van der Waals surface area contributed by atoms with Crippen LogP contribution in [-0.2, 0) is 4.74 Å². The Kier molecular flexibility index (Phi) is 4.92. The molecule has 0 radical (unpaired) electrons. The molecule has 0 saturated heterocycles. The predicted molar refractivity (Wildman–Crippen MR) is 113 cm³/mol. The van der Waals surface area contributed by atoms with Crippen molar-refractivity contribution in [1.82, 2.24) is 19.7 Å². The number of ether oxygens (including phenoxy) is 1. The van der Waals surface area contributed by atoms with Crippen LogP contribution in [0.5, 0.6) is 0 Å². The highest BCUT2D eigenvalue weighted by Gasteiger charge is 2.34. The van der Waals surface area contributed by atoms with Crippen LogP contribution in [0.25, 0.3) is 5.00 Å². The lowest BCUT2D eigenvalue weighted by Crippen LogP contribution is -2.32. The highest BCUT2D eigenvalue weighted by atomic mass is 35.5. The van der Waals surface area contributed by atoms with Crippen LogP contribution in [0.15, 0.2) is 29.3 Å². The number of benzene rings is 1. The second kappa shape index (κ2) is 7.27. The van der Waals surface area contributed by atoms with Crippen LogP contribution in [0.4, 0.5) is 4.79 Å². The molecule has 3 aromatic rings. The fraction of sp³-hybridized carbons (Fsp3) is 0.300. The van der Waals surface area contributed by atoms with Gasteiger partial charge in [0.25, 0.3) is 0 Å². The van der Waals surface area contributed by atoms with Gasteiger partial charge in [0.2, 0.25) is 0 Å².